The summed E-state index contributed by atoms with van der Waals surface area (Å²) in [7, 11) is 1.61. The van der Waals surface area contributed by atoms with Crippen LogP contribution >= 0.6 is 0 Å². The summed E-state index contributed by atoms with van der Waals surface area (Å²) in [5, 5.41) is 11.2. The third kappa shape index (κ3) is 2.99. The van der Waals surface area contributed by atoms with Crippen LogP contribution in [0.2, 0.25) is 0 Å². The van der Waals surface area contributed by atoms with Crippen molar-refractivity contribution in [1.29, 1.82) is 0 Å². The number of nitrogens with zero attached hydrogens (tertiary/aromatic N) is 2. The van der Waals surface area contributed by atoms with E-state index >= 15 is 0 Å². The minimum absolute atomic E-state index is 0.0839. The van der Waals surface area contributed by atoms with Crippen molar-refractivity contribution in [1.82, 2.24) is 9.88 Å². The van der Waals surface area contributed by atoms with Crippen LogP contribution in [0.25, 0.3) is 0 Å². The summed E-state index contributed by atoms with van der Waals surface area (Å²) in [6.07, 6.45) is 4.86. The molecule has 5 nitrogen and oxygen atoms in total. The first-order valence-corrected chi connectivity index (χ1v) is 8.12. The van der Waals surface area contributed by atoms with Gasteiger partial charge in [-0.15, -0.1) is 0 Å². The van der Waals surface area contributed by atoms with Gasteiger partial charge in [0.25, 0.3) is 5.91 Å². The Labute approximate surface area is 141 Å². The van der Waals surface area contributed by atoms with Crippen LogP contribution in [-0.2, 0) is 5.60 Å². The molecule has 2 aromatic rings. The normalized spacial score (nSPS) is 19.8. The molecule has 1 aromatic heterocycles. The van der Waals surface area contributed by atoms with Gasteiger partial charge in [-0.05, 0) is 49.6 Å². The number of ether oxygens (including phenoxy) is 1. The first-order valence-electron chi connectivity index (χ1n) is 8.12. The predicted octanol–water partition coefficient (Wildman–Crippen LogP) is 2.60. The maximum absolute atomic E-state index is 12.8. The quantitative estimate of drug-likeness (QED) is 0.938. The minimum Gasteiger partial charge on any atom is -0.497 e. The van der Waals surface area contributed by atoms with E-state index in [1.165, 1.54) is 0 Å². The Morgan fingerprint density at radius 1 is 1.33 bits per heavy atom. The molecule has 1 N–H and O–H groups in total. The molecule has 2 heterocycles. The van der Waals surface area contributed by atoms with E-state index in [1.54, 1.807) is 43.5 Å². The van der Waals surface area contributed by atoms with E-state index < -0.39 is 5.60 Å². The Morgan fingerprint density at radius 3 is 2.71 bits per heavy atom. The van der Waals surface area contributed by atoms with E-state index in [0.29, 0.717) is 12.1 Å². The number of carbonyl (C=O) groups excluding carboxylic acids is 1. The number of aromatic nitrogens is 1. The third-order valence-corrected chi connectivity index (χ3v) is 4.75. The summed E-state index contributed by atoms with van der Waals surface area (Å²) in [6.45, 7) is 2.42. The summed E-state index contributed by atoms with van der Waals surface area (Å²) in [5.74, 6) is 0.656. The molecule has 3 rings (SSSR count). The van der Waals surface area contributed by atoms with Crippen LogP contribution in [0.4, 0.5) is 0 Å². The van der Waals surface area contributed by atoms with Crippen LogP contribution in [-0.4, -0.2) is 40.6 Å². The van der Waals surface area contributed by atoms with Crippen molar-refractivity contribution >= 4 is 5.91 Å². The second-order valence-electron chi connectivity index (χ2n) is 6.27. The van der Waals surface area contributed by atoms with Gasteiger partial charge in [-0.1, -0.05) is 12.1 Å². The monoisotopic (exact) mass is 326 g/mol. The molecule has 1 saturated heterocycles. The number of hydrogen-bond acceptors (Lipinski definition) is 4. The highest BCUT2D eigenvalue weighted by Gasteiger charge is 2.42. The standard InChI is InChI=1S/C19H22N2O3/c1-19(23,15-7-9-16(24-2)10-8-15)17-6-4-12-21(17)18(22)14-5-3-11-20-13-14/h3,5,7-11,13,17,23H,4,6,12H2,1-2H3/t17-,19+/m0/s1. The molecule has 0 aliphatic carbocycles. The zero-order chi connectivity index (χ0) is 17.2. The van der Waals surface area contributed by atoms with E-state index in [0.717, 1.165) is 24.2 Å². The van der Waals surface area contributed by atoms with Crippen molar-refractivity contribution in [2.45, 2.75) is 31.4 Å². The fraction of sp³-hybridized carbons (Fsp3) is 0.368. The highest BCUT2D eigenvalue weighted by molar-refractivity contribution is 5.94. The smallest absolute Gasteiger partial charge is 0.255 e. The van der Waals surface area contributed by atoms with Crippen LogP contribution in [0, 0.1) is 0 Å². The number of aliphatic hydroxyl groups is 1. The number of rotatable bonds is 4. The second-order valence-corrected chi connectivity index (χ2v) is 6.27. The number of hydrogen-bond donors (Lipinski definition) is 1. The van der Waals surface area contributed by atoms with E-state index in [4.69, 9.17) is 4.74 Å². The Balaban J connectivity index is 1.87. The Morgan fingerprint density at radius 2 is 2.08 bits per heavy atom. The average Bonchev–Trinajstić information content (AvgIpc) is 3.12. The summed E-state index contributed by atoms with van der Waals surface area (Å²) in [6, 6.07) is 10.6. The summed E-state index contributed by atoms with van der Waals surface area (Å²) in [5.41, 5.74) is 0.204. The molecule has 0 spiro atoms. The maximum Gasteiger partial charge on any atom is 0.255 e. The number of carbonyl (C=O) groups is 1. The molecule has 2 atom stereocenters. The molecule has 0 radical (unpaired) electrons. The van der Waals surface area contributed by atoms with Crippen molar-refractivity contribution in [2.24, 2.45) is 0 Å². The van der Waals surface area contributed by atoms with Crippen molar-refractivity contribution in [2.75, 3.05) is 13.7 Å². The van der Waals surface area contributed by atoms with Gasteiger partial charge in [0.2, 0.25) is 0 Å². The lowest BCUT2D eigenvalue weighted by atomic mass is 9.86. The average molecular weight is 326 g/mol. The van der Waals surface area contributed by atoms with Crippen LogP contribution < -0.4 is 4.74 Å². The van der Waals surface area contributed by atoms with E-state index in [1.807, 2.05) is 24.3 Å². The number of likely N-dealkylation sites (tertiary alicyclic amines) is 1. The molecule has 126 valence electrons. The molecule has 1 aliphatic rings. The van der Waals surface area contributed by atoms with Crippen molar-refractivity contribution < 1.29 is 14.6 Å². The van der Waals surface area contributed by atoms with Gasteiger partial charge in [0.15, 0.2) is 0 Å². The molecule has 5 heteroatoms. The highest BCUT2D eigenvalue weighted by atomic mass is 16.5. The lowest BCUT2D eigenvalue weighted by Crippen LogP contribution is -2.48. The predicted molar refractivity (Wildman–Crippen MR) is 90.9 cm³/mol. The Hall–Kier alpha value is -2.40. The topological polar surface area (TPSA) is 62.7 Å². The molecule has 1 aliphatic heterocycles. The lowest BCUT2D eigenvalue weighted by Gasteiger charge is -2.37. The van der Waals surface area contributed by atoms with Crippen molar-refractivity contribution in [3.05, 3.63) is 59.9 Å². The Kier molecular flexibility index (Phi) is 4.53. The highest BCUT2D eigenvalue weighted by Crippen LogP contribution is 2.36. The fourth-order valence-corrected chi connectivity index (χ4v) is 3.37. The molecule has 1 fully saturated rings. The van der Waals surface area contributed by atoms with Gasteiger partial charge in [0, 0.05) is 18.9 Å². The zero-order valence-corrected chi connectivity index (χ0v) is 14.0. The molecule has 0 bridgehead atoms. The maximum atomic E-state index is 12.8. The van der Waals surface area contributed by atoms with Crippen LogP contribution in [0.1, 0.15) is 35.7 Å². The minimum atomic E-state index is -1.12. The molecule has 0 unspecified atom stereocenters. The molecule has 24 heavy (non-hydrogen) atoms. The summed E-state index contributed by atoms with van der Waals surface area (Å²) in [4.78, 5) is 18.6. The van der Waals surface area contributed by atoms with Gasteiger partial charge in [0.05, 0.1) is 18.7 Å². The van der Waals surface area contributed by atoms with Crippen LogP contribution in [0.15, 0.2) is 48.8 Å². The number of pyridine rings is 1. The lowest BCUT2D eigenvalue weighted by molar-refractivity contribution is -0.0177. The van der Waals surface area contributed by atoms with Gasteiger partial charge in [0.1, 0.15) is 11.4 Å². The molecule has 1 aromatic carbocycles. The van der Waals surface area contributed by atoms with Crippen molar-refractivity contribution in [3.8, 4) is 5.75 Å². The van der Waals surface area contributed by atoms with Gasteiger partial charge >= 0.3 is 0 Å². The van der Waals surface area contributed by atoms with Crippen molar-refractivity contribution in [3.63, 3.8) is 0 Å². The van der Waals surface area contributed by atoms with E-state index in [9.17, 15) is 9.90 Å². The number of amides is 1. The van der Waals surface area contributed by atoms with Crippen LogP contribution in [0.5, 0.6) is 5.75 Å². The number of methoxy groups -OCH3 is 1. The zero-order valence-electron chi connectivity index (χ0n) is 14.0. The first-order chi connectivity index (χ1) is 11.5. The summed E-state index contributed by atoms with van der Waals surface area (Å²) >= 11 is 0. The van der Waals surface area contributed by atoms with Gasteiger partial charge in [-0.25, -0.2) is 0 Å². The number of benzene rings is 1. The van der Waals surface area contributed by atoms with Gasteiger partial charge in [-0.3, -0.25) is 9.78 Å². The van der Waals surface area contributed by atoms with Gasteiger partial charge in [-0.2, -0.15) is 0 Å². The largest absolute Gasteiger partial charge is 0.497 e. The Bertz CT molecular complexity index is 698. The molecular formula is C19H22N2O3. The van der Waals surface area contributed by atoms with Crippen LogP contribution in [0.3, 0.4) is 0 Å². The summed E-state index contributed by atoms with van der Waals surface area (Å²) < 4.78 is 5.17. The van der Waals surface area contributed by atoms with Gasteiger partial charge < -0.3 is 14.7 Å². The fourth-order valence-electron chi connectivity index (χ4n) is 3.37. The SMILES string of the molecule is COc1ccc([C@@](C)(O)[C@@H]2CCCN2C(=O)c2cccnc2)cc1. The third-order valence-electron chi connectivity index (χ3n) is 4.75. The molecular weight excluding hydrogens is 304 g/mol. The second kappa shape index (κ2) is 6.61. The molecule has 0 saturated carbocycles. The molecule has 1 amide bonds. The van der Waals surface area contributed by atoms with E-state index in [-0.39, 0.29) is 11.9 Å². The van der Waals surface area contributed by atoms with E-state index in [2.05, 4.69) is 4.98 Å². The first kappa shape index (κ1) is 16.5.